The van der Waals surface area contributed by atoms with E-state index in [2.05, 4.69) is 38.1 Å². The highest BCUT2D eigenvalue weighted by atomic mass is 15.3. The minimum absolute atomic E-state index is 0.661. The molecule has 0 bridgehead atoms. The summed E-state index contributed by atoms with van der Waals surface area (Å²) in [4.78, 5) is 4.56. The molecule has 0 aliphatic carbocycles. The molecule has 82 valence electrons. The number of piperidine rings is 1. The molecule has 1 unspecified atom stereocenters. The molecule has 0 amide bonds. The predicted molar refractivity (Wildman–Crippen MR) is 62.8 cm³/mol. The highest BCUT2D eigenvalue weighted by Gasteiger charge is 2.28. The largest absolute Gasteiger partial charge is 0.328 e. The molecule has 0 spiro atoms. The summed E-state index contributed by atoms with van der Waals surface area (Å²) in [6.07, 6.45) is 4.62. The van der Waals surface area contributed by atoms with E-state index in [1.165, 1.54) is 37.2 Å². The first-order chi connectivity index (χ1) is 7.07. The number of hydrogen-bond donors (Lipinski definition) is 0. The lowest BCUT2D eigenvalue weighted by molar-refractivity contribution is -0.896. The SMILES string of the molecule is Cc1ccc(C2CCC[N+](C)(C)C2)nc1. The van der Waals surface area contributed by atoms with E-state index in [-0.39, 0.29) is 0 Å². The summed E-state index contributed by atoms with van der Waals surface area (Å²) >= 11 is 0. The third kappa shape index (κ3) is 2.57. The summed E-state index contributed by atoms with van der Waals surface area (Å²) in [6.45, 7) is 4.63. The molecule has 1 saturated heterocycles. The number of pyridine rings is 1. The van der Waals surface area contributed by atoms with Gasteiger partial charge in [-0.3, -0.25) is 4.98 Å². The van der Waals surface area contributed by atoms with E-state index in [9.17, 15) is 0 Å². The lowest BCUT2D eigenvalue weighted by atomic mass is 9.93. The molecule has 0 aromatic carbocycles. The molecule has 1 aliphatic heterocycles. The average molecular weight is 205 g/mol. The van der Waals surface area contributed by atoms with Crippen LogP contribution in [0.15, 0.2) is 18.3 Å². The number of aryl methyl sites for hydroxylation is 1. The van der Waals surface area contributed by atoms with Crippen molar-refractivity contribution in [1.29, 1.82) is 0 Å². The van der Waals surface area contributed by atoms with Crippen LogP contribution >= 0.6 is 0 Å². The zero-order valence-corrected chi connectivity index (χ0v) is 10.0. The highest BCUT2D eigenvalue weighted by molar-refractivity contribution is 5.15. The van der Waals surface area contributed by atoms with Crippen LogP contribution in [0.4, 0.5) is 0 Å². The van der Waals surface area contributed by atoms with Crippen molar-refractivity contribution in [1.82, 2.24) is 4.98 Å². The van der Waals surface area contributed by atoms with Gasteiger partial charge in [0, 0.05) is 11.9 Å². The lowest BCUT2D eigenvalue weighted by Crippen LogP contribution is -2.46. The van der Waals surface area contributed by atoms with Gasteiger partial charge in [-0.1, -0.05) is 6.07 Å². The van der Waals surface area contributed by atoms with E-state index >= 15 is 0 Å². The van der Waals surface area contributed by atoms with Crippen molar-refractivity contribution in [2.75, 3.05) is 27.2 Å². The van der Waals surface area contributed by atoms with Gasteiger partial charge in [0.25, 0.3) is 0 Å². The maximum Gasteiger partial charge on any atom is 0.0867 e. The minimum atomic E-state index is 0.661. The van der Waals surface area contributed by atoms with Crippen LogP contribution in [0, 0.1) is 6.92 Å². The Balaban J connectivity index is 2.13. The Morgan fingerprint density at radius 1 is 1.33 bits per heavy atom. The fourth-order valence-corrected chi connectivity index (χ4v) is 2.51. The Morgan fingerprint density at radius 2 is 2.13 bits per heavy atom. The zero-order valence-electron chi connectivity index (χ0n) is 10.0. The normalized spacial score (nSPS) is 25.1. The summed E-state index contributed by atoms with van der Waals surface area (Å²) in [5.41, 5.74) is 2.54. The molecule has 15 heavy (non-hydrogen) atoms. The smallest absolute Gasteiger partial charge is 0.0867 e. The van der Waals surface area contributed by atoms with Gasteiger partial charge < -0.3 is 4.48 Å². The van der Waals surface area contributed by atoms with Gasteiger partial charge >= 0.3 is 0 Å². The van der Waals surface area contributed by atoms with Gasteiger partial charge in [0.05, 0.1) is 33.1 Å². The molecule has 1 aromatic heterocycles. The minimum Gasteiger partial charge on any atom is -0.328 e. The molecule has 0 radical (unpaired) electrons. The number of likely N-dealkylation sites (tertiary alicyclic amines) is 1. The fraction of sp³-hybridized carbons (Fsp3) is 0.615. The van der Waals surface area contributed by atoms with Gasteiger partial charge in [-0.15, -0.1) is 0 Å². The summed E-state index contributed by atoms with van der Waals surface area (Å²) in [5.74, 6) is 0.661. The van der Waals surface area contributed by atoms with Crippen LogP contribution in [-0.4, -0.2) is 36.7 Å². The van der Waals surface area contributed by atoms with Crippen LogP contribution in [-0.2, 0) is 0 Å². The van der Waals surface area contributed by atoms with Gasteiger partial charge in [0.2, 0.25) is 0 Å². The molecule has 1 aliphatic rings. The van der Waals surface area contributed by atoms with Crippen molar-refractivity contribution in [2.45, 2.75) is 25.7 Å². The van der Waals surface area contributed by atoms with Crippen LogP contribution in [0.1, 0.15) is 30.0 Å². The van der Waals surface area contributed by atoms with E-state index in [1.807, 2.05) is 6.20 Å². The Morgan fingerprint density at radius 3 is 2.73 bits per heavy atom. The number of nitrogens with zero attached hydrogens (tertiary/aromatic N) is 2. The topological polar surface area (TPSA) is 12.9 Å². The van der Waals surface area contributed by atoms with Gasteiger partial charge in [-0.2, -0.15) is 0 Å². The van der Waals surface area contributed by atoms with Crippen LogP contribution in [0.25, 0.3) is 0 Å². The number of likely N-dealkylation sites (N-methyl/N-ethyl adjacent to an activating group) is 1. The van der Waals surface area contributed by atoms with E-state index in [1.54, 1.807) is 0 Å². The van der Waals surface area contributed by atoms with Crippen molar-refractivity contribution in [3.8, 4) is 0 Å². The summed E-state index contributed by atoms with van der Waals surface area (Å²) in [5, 5.41) is 0. The molecule has 2 nitrogen and oxygen atoms in total. The van der Waals surface area contributed by atoms with Crippen LogP contribution < -0.4 is 0 Å². The Bertz CT molecular complexity index is 327. The molecule has 0 saturated carbocycles. The second-order valence-corrected chi connectivity index (χ2v) is 5.44. The Kier molecular flexibility index (Phi) is 2.79. The summed E-state index contributed by atoms with van der Waals surface area (Å²) in [7, 11) is 4.64. The summed E-state index contributed by atoms with van der Waals surface area (Å²) < 4.78 is 1.14. The van der Waals surface area contributed by atoms with E-state index in [0.717, 1.165) is 4.48 Å². The number of aromatic nitrogens is 1. The van der Waals surface area contributed by atoms with Crippen molar-refractivity contribution in [3.05, 3.63) is 29.6 Å². The van der Waals surface area contributed by atoms with Crippen molar-refractivity contribution >= 4 is 0 Å². The van der Waals surface area contributed by atoms with Crippen LogP contribution in [0.3, 0.4) is 0 Å². The number of rotatable bonds is 1. The Hall–Kier alpha value is -0.890. The third-order valence-electron chi connectivity index (χ3n) is 3.38. The van der Waals surface area contributed by atoms with Gasteiger partial charge in [-0.05, 0) is 31.4 Å². The second-order valence-electron chi connectivity index (χ2n) is 5.44. The zero-order chi connectivity index (χ0) is 10.9. The van der Waals surface area contributed by atoms with E-state index < -0.39 is 0 Å². The molecule has 2 rings (SSSR count). The van der Waals surface area contributed by atoms with E-state index in [4.69, 9.17) is 0 Å². The first-order valence-corrected chi connectivity index (χ1v) is 5.81. The quantitative estimate of drug-likeness (QED) is 0.641. The first-order valence-electron chi connectivity index (χ1n) is 5.81. The van der Waals surface area contributed by atoms with Crippen LogP contribution in [0.2, 0.25) is 0 Å². The molecule has 2 heteroatoms. The highest BCUT2D eigenvalue weighted by Crippen LogP contribution is 2.27. The number of hydrogen-bond acceptors (Lipinski definition) is 1. The molecule has 1 atom stereocenters. The second kappa shape index (κ2) is 3.93. The van der Waals surface area contributed by atoms with Gasteiger partial charge in [0.15, 0.2) is 0 Å². The van der Waals surface area contributed by atoms with Crippen molar-refractivity contribution < 1.29 is 4.48 Å². The van der Waals surface area contributed by atoms with Gasteiger partial charge in [-0.25, -0.2) is 0 Å². The molecular formula is C13H21N2+. The predicted octanol–water partition coefficient (Wildman–Crippen LogP) is 2.34. The molecule has 1 fully saturated rings. The van der Waals surface area contributed by atoms with Crippen LogP contribution in [0.5, 0.6) is 0 Å². The average Bonchev–Trinajstić information content (AvgIpc) is 2.17. The van der Waals surface area contributed by atoms with Crippen molar-refractivity contribution in [3.63, 3.8) is 0 Å². The number of quaternary nitrogens is 1. The first kappa shape index (κ1) is 10.6. The summed E-state index contributed by atoms with van der Waals surface area (Å²) in [6, 6.07) is 4.38. The maximum absolute atomic E-state index is 4.56. The van der Waals surface area contributed by atoms with Crippen molar-refractivity contribution in [2.24, 2.45) is 0 Å². The third-order valence-corrected chi connectivity index (χ3v) is 3.38. The molecule has 2 heterocycles. The maximum atomic E-state index is 4.56. The molecule has 0 N–H and O–H groups in total. The Labute approximate surface area is 92.5 Å². The monoisotopic (exact) mass is 205 g/mol. The fourth-order valence-electron chi connectivity index (χ4n) is 2.51. The lowest BCUT2D eigenvalue weighted by Gasteiger charge is -2.37. The molecular weight excluding hydrogens is 184 g/mol. The standard InChI is InChI=1S/C13H21N2/c1-11-6-7-13(14-9-11)12-5-4-8-15(2,3)10-12/h6-7,9,12H,4-5,8,10H2,1-3H3/q+1. The molecule has 1 aromatic rings. The van der Waals surface area contributed by atoms with Gasteiger partial charge in [0.1, 0.15) is 0 Å². The van der Waals surface area contributed by atoms with E-state index in [0.29, 0.717) is 5.92 Å².